The maximum Gasteiger partial charge on any atom is 0.309 e. The van der Waals surface area contributed by atoms with Crippen molar-refractivity contribution >= 4 is 17.7 Å². The number of aliphatic hydroxyl groups excluding tert-OH is 1. The van der Waals surface area contributed by atoms with Crippen LogP contribution in [0.1, 0.15) is 26.2 Å². The number of hydrogen-bond acceptors (Lipinski definition) is 3. The summed E-state index contributed by atoms with van der Waals surface area (Å²) in [5, 5.41) is 18.4. The quantitative estimate of drug-likeness (QED) is 0.728. The Balaban J connectivity index is 2.67. The number of carboxylic acid groups (broad SMARTS) is 1. The van der Waals surface area contributed by atoms with Gasteiger partial charge in [-0.05, 0) is 37.7 Å². The fourth-order valence-corrected chi connectivity index (χ4v) is 3.11. The predicted octanol–water partition coefficient (Wildman–Crippen LogP) is 1.36. The molecular weight excluding hydrogens is 188 g/mol. The van der Waals surface area contributed by atoms with E-state index in [1.165, 1.54) is 0 Å². The third-order valence-electron chi connectivity index (χ3n) is 2.59. The van der Waals surface area contributed by atoms with Gasteiger partial charge in [0, 0.05) is 0 Å². The van der Waals surface area contributed by atoms with Crippen molar-refractivity contribution in [2.24, 2.45) is 5.41 Å². The van der Waals surface area contributed by atoms with Gasteiger partial charge in [0.1, 0.15) is 0 Å². The molecule has 0 saturated carbocycles. The van der Waals surface area contributed by atoms with Gasteiger partial charge in [0.25, 0.3) is 0 Å². The molecule has 0 amide bonds. The Hall–Kier alpha value is -0.220. The molecule has 0 aromatic carbocycles. The topological polar surface area (TPSA) is 57.5 Å². The van der Waals surface area contributed by atoms with Crippen molar-refractivity contribution in [3.05, 3.63) is 0 Å². The van der Waals surface area contributed by atoms with Crippen LogP contribution in [0.15, 0.2) is 0 Å². The van der Waals surface area contributed by atoms with E-state index in [1.54, 1.807) is 18.7 Å². The first kappa shape index (κ1) is 10.9. The van der Waals surface area contributed by atoms with Gasteiger partial charge < -0.3 is 10.2 Å². The Bertz CT molecular complexity index is 185. The monoisotopic (exact) mass is 204 g/mol. The van der Waals surface area contributed by atoms with E-state index in [4.69, 9.17) is 5.11 Å². The highest BCUT2D eigenvalue weighted by atomic mass is 32.2. The molecule has 2 N–H and O–H groups in total. The largest absolute Gasteiger partial charge is 0.481 e. The van der Waals surface area contributed by atoms with E-state index in [9.17, 15) is 9.90 Å². The zero-order valence-corrected chi connectivity index (χ0v) is 8.64. The lowest BCUT2D eigenvalue weighted by molar-refractivity contribution is -0.151. The maximum absolute atomic E-state index is 11.1. The van der Waals surface area contributed by atoms with Gasteiger partial charge >= 0.3 is 5.97 Å². The first-order valence-corrected chi connectivity index (χ1v) is 5.71. The first-order chi connectivity index (χ1) is 6.07. The molecule has 1 saturated heterocycles. The highest BCUT2D eigenvalue weighted by molar-refractivity contribution is 7.99. The van der Waals surface area contributed by atoms with E-state index < -0.39 is 17.5 Å². The molecule has 0 aliphatic carbocycles. The second-order valence-corrected chi connectivity index (χ2v) is 4.98. The summed E-state index contributed by atoms with van der Waals surface area (Å²) in [6.45, 7) is 1.66. The van der Waals surface area contributed by atoms with Crippen molar-refractivity contribution in [1.29, 1.82) is 0 Å². The van der Waals surface area contributed by atoms with E-state index in [2.05, 4.69) is 0 Å². The number of carbonyl (C=O) groups is 1. The van der Waals surface area contributed by atoms with Crippen LogP contribution in [0.2, 0.25) is 0 Å². The average molecular weight is 204 g/mol. The van der Waals surface area contributed by atoms with Crippen molar-refractivity contribution < 1.29 is 15.0 Å². The van der Waals surface area contributed by atoms with Crippen molar-refractivity contribution in [2.45, 2.75) is 32.3 Å². The van der Waals surface area contributed by atoms with E-state index >= 15 is 0 Å². The molecule has 1 rings (SSSR count). The predicted molar refractivity (Wildman–Crippen MR) is 52.9 cm³/mol. The van der Waals surface area contributed by atoms with Crippen LogP contribution < -0.4 is 0 Å². The minimum atomic E-state index is -0.742. The van der Waals surface area contributed by atoms with Crippen LogP contribution in [0.5, 0.6) is 0 Å². The second kappa shape index (κ2) is 4.33. The Morgan fingerprint density at radius 1 is 1.54 bits per heavy atom. The first-order valence-electron chi connectivity index (χ1n) is 4.56. The van der Waals surface area contributed by atoms with Crippen LogP contribution in [0, 0.1) is 5.41 Å². The van der Waals surface area contributed by atoms with E-state index in [0.717, 1.165) is 11.5 Å². The maximum atomic E-state index is 11.1. The zero-order chi connectivity index (χ0) is 9.90. The molecule has 1 fully saturated rings. The Morgan fingerprint density at radius 2 is 2.08 bits per heavy atom. The van der Waals surface area contributed by atoms with Gasteiger partial charge in [-0.1, -0.05) is 0 Å². The molecule has 1 atom stereocenters. The number of thioether (sulfide) groups is 1. The number of aliphatic hydroxyl groups is 1. The third-order valence-corrected chi connectivity index (χ3v) is 3.58. The molecule has 0 bridgehead atoms. The summed E-state index contributed by atoms with van der Waals surface area (Å²) in [4.78, 5) is 11.1. The van der Waals surface area contributed by atoms with Crippen molar-refractivity contribution in [1.82, 2.24) is 0 Å². The van der Waals surface area contributed by atoms with Gasteiger partial charge in [0.15, 0.2) is 0 Å². The van der Waals surface area contributed by atoms with Crippen LogP contribution in [-0.2, 0) is 4.79 Å². The van der Waals surface area contributed by atoms with Gasteiger partial charge in [0.05, 0.1) is 11.5 Å². The summed E-state index contributed by atoms with van der Waals surface area (Å²) >= 11 is 1.80. The fourth-order valence-electron chi connectivity index (χ4n) is 1.83. The van der Waals surface area contributed by atoms with E-state index in [0.29, 0.717) is 19.3 Å². The molecule has 1 aliphatic heterocycles. The summed E-state index contributed by atoms with van der Waals surface area (Å²) in [5.74, 6) is 1.06. The summed E-state index contributed by atoms with van der Waals surface area (Å²) < 4.78 is 0. The minimum Gasteiger partial charge on any atom is -0.481 e. The zero-order valence-electron chi connectivity index (χ0n) is 7.82. The number of hydrogen-bond donors (Lipinski definition) is 2. The van der Waals surface area contributed by atoms with Gasteiger partial charge in [-0.3, -0.25) is 4.79 Å². The summed E-state index contributed by atoms with van der Waals surface area (Å²) in [6.07, 6.45) is 1.26. The van der Waals surface area contributed by atoms with Crippen molar-refractivity contribution in [2.75, 3.05) is 11.5 Å². The summed E-state index contributed by atoms with van der Waals surface area (Å²) in [7, 11) is 0. The van der Waals surface area contributed by atoms with E-state index in [-0.39, 0.29) is 0 Å². The van der Waals surface area contributed by atoms with Crippen LogP contribution in [0.3, 0.4) is 0 Å². The molecule has 1 heterocycles. The number of carboxylic acids is 1. The minimum absolute atomic E-state index is 0.392. The van der Waals surface area contributed by atoms with Gasteiger partial charge in [-0.15, -0.1) is 0 Å². The lowest BCUT2D eigenvalue weighted by Gasteiger charge is -2.33. The van der Waals surface area contributed by atoms with Crippen LogP contribution in [0.4, 0.5) is 0 Å². The Labute approximate surface area is 82.5 Å². The van der Waals surface area contributed by atoms with Crippen LogP contribution in [-0.4, -0.2) is 33.8 Å². The Kier molecular flexibility index (Phi) is 3.62. The highest BCUT2D eigenvalue weighted by Gasteiger charge is 2.40. The summed E-state index contributed by atoms with van der Waals surface area (Å²) in [6, 6.07) is 0. The van der Waals surface area contributed by atoms with Crippen molar-refractivity contribution in [3.8, 4) is 0 Å². The van der Waals surface area contributed by atoms with Crippen LogP contribution in [0.25, 0.3) is 0 Å². The van der Waals surface area contributed by atoms with Gasteiger partial charge in [0.2, 0.25) is 0 Å². The SMILES string of the molecule is CC(O)CC1(C(=O)O)CCSCC1. The normalized spacial score (nSPS) is 23.8. The lowest BCUT2D eigenvalue weighted by Crippen LogP contribution is -2.37. The van der Waals surface area contributed by atoms with Crippen LogP contribution >= 0.6 is 11.8 Å². The number of rotatable bonds is 3. The third kappa shape index (κ3) is 2.61. The molecule has 0 aromatic heterocycles. The molecule has 13 heavy (non-hydrogen) atoms. The Morgan fingerprint density at radius 3 is 2.46 bits per heavy atom. The van der Waals surface area contributed by atoms with Gasteiger partial charge in [-0.2, -0.15) is 11.8 Å². The summed E-state index contributed by atoms with van der Waals surface area (Å²) in [5.41, 5.74) is -0.653. The molecule has 1 aliphatic rings. The fraction of sp³-hybridized carbons (Fsp3) is 0.889. The standard InChI is InChI=1S/C9H16O3S/c1-7(10)6-9(8(11)12)2-4-13-5-3-9/h7,10H,2-6H2,1H3,(H,11,12). The molecular formula is C9H16O3S. The number of aliphatic carboxylic acids is 1. The molecule has 0 spiro atoms. The van der Waals surface area contributed by atoms with Gasteiger partial charge in [-0.25, -0.2) is 0 Å². The van der Waals surface area contributed by atoms with E-state index in [1.807, 2.05) is 0 Å². The molecule has 4 heteroatoms. The lowest BCUT2D eigenvalue weighted by atomic mass is 9.77. The second-order valence-electron chi connectivity index (χ2n) is 3.75. The molecule has 3 nitrogen and oxygen atoms in total. The molecule has 0 aromatic rings. The highest BCUT2D eigenvalue weighted by Crippen LogP contribution is 2.39. The molecule has 0 radical (unpaired) electrons. The average Bonchev–Trinajstić information content (AvgIpc) is 2.04. The van der Waals surface area contributed by atoms with Crippen molar-refractivity contribution in [3.63, 3.8) is 0 Å². The smallest absolute Gasteiger partial charge is 0.309 e. The molecule has 76 valence electrons. The molecule has 1 unspecified atom stereocenters.